The van der Waals surface area contributed by atoms with Gasteiger partial charge in [-0.25, -0.2) is 0 Å². The molecule has 1 aliphatic heterocycles. The van der Waals surface area contributed by atoms with Crippen molar-refractivity contribution in [2.75, 3.05) is 20.1 Å². The van der Waals surface area contributed by atoms with E-state index in [0.717, 1.165) is 11.8 Å². The summed E-state index contributed by atoms with van der Waals surface area (Å²) in [4.78, 5) is 2.47. The molecule has 1 aliphatic carbocycles. The van der Waals surface area contributed by atoms with Crippen LogP contribution in [0.2, 0.25) is 0 Å². The van der Waals surface area contributed by atoms with Gasteiger partial charge in [-0.1, -0.05) is 12.8 Å². The van der Waals surface area contributed by atoms with E-state index in [-0.39, 0.29) is 0 Å². The Labute approximate surface area is 63.4 Å². The second kappa shape index (κ2) is 2.54. The highest BCUT2D eigenvalue weighted by molar-refractivity contribution is 4.81. The van der Waals surface area contributed by atoms with Crippen LogP contribution in [-0.4, -0.2) is 25.0 Å². The van der Waals surface area contributed by atoms with Crippen molar-refractivity contribution in [2.45, 2.75) is 25.7 Å². The second-order valence-electron chi connectivity index (χ2n) is 4.10. The molecule has 0 amide bonds. The van der Waals surface area contributed by atoms with E-state index in [9.17, 15) is 0 Å². The van der Waals surface area contributed by atoms with E-state index in [0.29, 0.717) is 0 Å². The summed E-state index contributed by atoms with van der Waals surface area (Å²) in [5, 5.41) is 0. The molecule has 58 valence electrons. The van der Waals surface area contributed by atoms with Crippen molar-refractivity contribution in [3.63, 3.8) is 0 Å². The minimum Gasteiger partial charge on any atom is -0.306 e. The summed E-state index contributed by atoms with van der Waals surface area (Å²) >= 11 is 0. The third-order valence-electron chi connectivity index (χ3n) is 2.85. The fourth-order valence-corrected chi connectivity index (χ4v) is 2.04. The molecule has 2 aliphatic rings. The molecule has 10 heavy (non-hydrogen) atoms. The van der Waals surface area contributed by atoms with Crippen LogP contribution in [0.15, 0.2) is 0 Å². The molecule has 0 aromatic carbocycles. The molecule has 0 bridgehead atoms. The van der Waals surface area contributed by atoms with Gasteiger partial charge in [0.05, 0.1) is 0 Å². The van der Waals surface area contributed by atoms with Crippen molar-refractivity contribution < 1.29 is 0 Å². The maximum atomic E-state index is 2.47. The van der Waals surface area contributed by atoms with Gasteiger partial charge in [0, 0.05) is 6.54 Å². The topological polar surface area (TPSA) is 3.24 Å². The fraction of sp³-hybridized carbons (Fsp3) is 1.00. The van der Waals surface area contributed by atoms with Crippen LogP contribution in [0.5, 0.6) is 0 Å². The SMILES string of the molecule is CN1CCC(CC2CC2)C1. The number of hydrogen-bond acceptors (Lipinski definition) is 1. The first-order chi connectivity index (χ1) is 4.84. The van der Waals surface area contributed by atoms with Crippen LogP contribution in [0.4, 0.5) is 0 Å². The Morgan fingerprint density at radius 2 is 2.00 bits per heavy atom. The fourth-order valence-electron chi connectivity index (χ4n) is 2.04. The molecule has 0 radical (unpaired) electrons. The minimum atomic E-state index is 1.05. The molecule has 0 N–H and O–H groups in total. The Bertz CT molecular complexity index is 118. The lowest BCUT2D eigenvalue weighted by Gasteiger charge is -2.08. The first-order valence-electron chi connectivity index (χ1n) is 4.53. The Morgan fingerprint density at radius 3 is 2.50 bits per heavy atom. The number of hydrogen-bond donors (Lipinski definition) is 0. The van der Waals surface area contributed by atoms with E-state index in [2.05, 4.69) is 11.9 Å². The average molecular weight is 139 g/mol. The molecule has 2 fully saturated rings. The molecule has 1 saturated heterocycles. The second-order valence-corrected chi connectivity index (χ2v) is 4.10. The molecular formula is C9H17N. The lowest BCUT2D eigenvalue weighted by Crippen LogP contribution is -2.14. The molecule has 1 heterocycles. The first-order valence-corrected chi connectivity index (χ1v) is 4.53. The minimum absolute atomic E-state index is 1.05. The normalized spacial score (nSPS) is 35.1. The predicted molar refractivity (Wildman–Crippen MR) is 42.9 cm³/mol. The Kier molecular flexibility index (Phi) is 1.69. The largest absolute Gasteiger partial charge is 0.306 e. The first kappa shape index (κ1) is 6.66. The van der Waals surface area contributed by atoms with Gasteiger partial charge in [-0.3, -0.25) is 0 Å². The quantitative estimate of drug-likeness (QED) is 0.563. The van der Waals surface area contributed by atoms with Gasteiger partial charge in [0.25, 0.3) is 0 Å². The summed E-state index contributed by atoms with van der Waals surface area (Å²) in [7, 11) is 2.24. The Hall–Kier alpha value is -0.0400. The summed E-state index contributed by atoms with van der Waals surface area (Å²) in [6, 6.07) is 0. The van der Waals surface area contributed by atoms with Gasteiger partial charge in [-0.05, 0) is 38.3 Å². The summed E-state index contributed by atoms with van der Waals surface area (Å²) in [5.41, 5.74) is 0. The van der Waals surface area contributed by atoms with E-state index < -0.39 is 0 Å². The monoisotopic (exact) mass is 139 g/mol. The van der Waals surface area contributed by atoms with Crippen LogP contribution in [0, 0.1) is 11.8 Å². The molecule has 1 nitrogen and oxygen atoms in total. The number of rotatable bonds is 2. The van der Waals surface area contributed by atoms with E-state index in [1.165, 1.54) is 38.8 Å². The van der Waals surface area contributed by atoms with E-state index in [4.69, 9.17) is 0 Å². The predicted octanol–water partition coefficient (Wildman–Crippen LogP) is 1.74. The van der Waals surface area contributed by atoms with Crippen LogP contribution in [0.1, 0.15) is 25.7 Å². The van der Waals surface area contributed by atoms with Gasteiger partial charge in [0.2, 0.25) is 0 Å². The van der Waals surface area contributed by atoms with Crippen LogP contribution >= 0.6 is 0 Å². The zero-order chi connectivity index (χ0) is 6.97. The van der Waals surface area contributed by atoms with Crippen molar-refractivity contribution in [3.8, 4) is 0 Å². The summed E-state index contributed by atoms with van der Waals surface area (Å²) in [5.74, 6) is 2.19. The Balaban J connectivity index is 1.72. The highest BCUT2D eigenvalue weighted by Gasteiger charge is 2.28. The van der Waals surface area contributed by atoms with Crippen molar-refractivity contribution in [1.82, 2.24) is 4.90 Å². The molecular weight excluding hydrogens is 122 g/mol. The maximum absolute atomic E-state index is 2.47. The van der Waals surface area contributed by atoms with Crippen molar-refractivity contribution in [2.24, 2.45) is 11.8 Å². The molecule has 1 atom stereocenters. The lowest BCUT2D eigenvalue weighted by atomic mass is 10.0. The van der Waals surface area contributed by atoms with Gasteiger partial charge < -0.3 is 4.90 Å². The number of nitrogens with zero attached hydrogens (tertiary/aromatic N) is 1. The molecule has 1 saturated carbocycles. The highest BCUT2D eigenvalue weighted by atomic mass is 15.1. The van der Waals surface area contributed by atoms with Crippen molar-refractivity contribution in [1.29, 1.82) is 0 Å². The molecule has 1 heteroatoms. The van der Waals surface area contributed by atoms with Crippen LogP contribution in [0.25, 0.3) is 0 Å². The van der Waals surface area contributed by atoms with Crippen LogP contribution < -0.4 is 0 Å². The van der Waals surface area contributed by atoms with Gasteiger partial charge in [-0.15, -0.1) is 0 Å². The van der Waals surface area contributed by atoms with Gasteiger partial charge in [-0.2, -0.15) is 0 Å². The van der Waals surface area contributed by atoms with Crippen LogP contribution in [0.3, 0.4) is 0 Å². The Morgan fingerprint density at radius 1 is 1.20 bits per heavy atom. The van der Waals surface area contributed by atoms with Gasteiger partial charge in [0.15, 0.2) is 0 Å². The summed E-state index contributed by atoms with van der Waals surface area (Å²) in [6.07, 6.45) is 6.05. The average Bonchev–Trinajstić information content (AvgIpc) is 2.59. The maximum Gasteiger partial charge on any atom is 0.000719 e. The third kappa shape index (κ3) is 1.51. The van der Waals surface area contributed by atoms with Crippen molar-refractivity contribution in [3.05, 3.63) is 0 Å². The molecule has 2 rings (SSSR count). The zero-order valence-corrected chi connectivity index (χ0v) is 6.84. The van der Waals surface area contributed by atoms with E-state index >= 15 is 0 Å². The van der Waals surface area contributed by atoms with E-state index in [1.54, 1.807) is 0 Å². The highest BCUT2D eigenvalue weighted by Crippen LogP contribution is 2.37. The molecule has 0 aromatic rings. The lowest BCUT2D eigenvalue weighted by molar-refractivity contribution is 0.381. The third-order valence-corrected chi connectivity index (χ3v) is 2.85. The summed E-state index contributed by atoms with van der Waals surface area (Å²) < 4.78 is 0. The molecule has 0 spiro atoms. The molecule has 0 aromatic heterocycles. The summed E-state index contributed by atoms with van der Waals surface area (Å²) in [6.45, 7) is 2.72. The zero-order valence-electron chi connectivity index (χ0n) is 6.84. The van der Waals surface area contributed by atoms with E-state index in [1.807, 2.05) is 0 Å². The van der Waals surface area contributed by atoms with Crippen molar-refractivity contribution >= 4 is 0 Å². The van der Waals surface area contributed by atoms with Gasteiger partial charge >= 0.3 is 0 Å². The molecule has 1 unspecified atom stereocenters. The van der Waals surface area contributed by atoms with Gasteiger partial charge in [0.1, 0.15) is 0 Å². The standard InChI is InChI=1S/C9H17N/c1-10-5-4-9(7-10)6-8-2-3-8/h8-9H,2-7H2,1H3. The smallest absolute Gasteiger partial charge is 0.000719 e. The number of likely N-dealkylation sites (tertiary alicyclic amines) is 1. The van der Waals surface area contributed by atoms with Crippen LogP contribution in [-0.2, 0) is 0 Å².